The van der Waals surface area contributed by atoms with Crippen molar-refractivity contribution in [2.45, 2.75) is 38.0 Å². The molecule has 0 aliphatic rings. The molecule has 0 amide bonds. The predicted octanol–water partition coefficient (Wildman–Crippen LogP) is -0.857. The van der Waals surface area contributed by atoms with E-state index in [2.05, 4.69) is 31.0 Å². The van der Waals surface area contributed by atoms with Crippen molar-refractivity contribution in [1.29, 1.82) is 0 Å². The molecule has 0 bridgehead atoms. The molecule has 0 aliphatic carbocycles. The lowest BCUT2D eigenvalue weighted by molar-refractivity contribution is -0.247. The molecule has 2 unspecified atom stereocenters. The number of rotatable bonds is 19. The summed E-state index contributed by atoms with van der Waals surface area (Å²) >= 11 is 0. The minimum absolute atomic E-state index is 0.0562. The Morgan fingerprint density at radius 1 is 0.769 bits per heavy atom. The van der Waals surface area contributed by atoms with Crippen LogP contribution in [-0.2, 0) is 24.1 Å². The van der Waals surface area contributed by atoms with Crippen molar-refractivity contribution in [2.75, 3.05) is 52.7 Å². The van der Waals surface area contributed by atoms with Crippen LogP contribution in [0.15, 0.2) is 0 Å². The van der Waals surface area contributed by atoms with Gasteiger partial charge in [-0.3, -0.25) is 25.3 Å². The van der Waals surface area contributed by atoms with E-state index in [1.807, 2.05) is 0 Å². The Morgan fingerprint density at radius 3 is 1.73 bits per heavy atom. The highest BCUT2D eigenvalue weighted by Gasteiger charge is 2.23. The molecule has 0 fully saturated rings. The molecule has 0 radical (unpaired) electrons. The van der Waals surface area contributed by atoms with Gasteiger partial charge >= 0.3 is 0 Å². The lowest BCUT2D eigenvalue weighted by Gasteiger charge is -2.18. The van der Waals surface area contributed by atoms with Gasteiger partial charge in [0.15, 0.2) is 0 Å². The molecule has 0 aromatic heterocycles. The first kappa shape index (κ1) is 25.6. The average Bonchev–Trinajstić information content (AvgIpc) is 2.59. The molecule has 12 heteroatoms. The molecule has 0 aromatic carbocycles. The smallest absolute Gasteiger partial charge is 0.270 e. The largest absolute Gasteiger partial charge is 0.315 e. The Labute approximate surface area is 155 Å². The van der Waals surface area contributed by atoms with Gasteiger partial charge in [-0.1, -0.05) is 0 Å². The van der Waals surface area contributed by atoms with Gasteiger partial charge in [-0.15, -0.1) is 0 Å². The Kier molecular flexibility index (Phi) is 16.5. The first-order chi connectivity index (χ1) is 12.4. The van der Waals surface area contributed by atoms with Crippen molar-refractivity contribution in [3.05, 3.63) is 0 Å². The fraction of sp³-hybridized carbons (Fsp3) is 1.00. The zero-order valence-corrected chi connectivity index (χ0v) is 16.4. The standard InChI is InChI=1S/C14H34N4O7S/c1-13(3-5-15-7-9-17-11-23-19)25-26(21,22)14(2)4-6-16-8-10-18-12-24-20/h13-20H,3-12H2,1-2H3. The molecule has 0 saturated carbocycles. The summed E-state index contributed by atoms with van der Waals surface area (Å²) < 4.78 is 29.6. The molecule has 0 rings (SSSR count). The second-order valence-electron chi connectivity index (χ2n) is 5.83. The maximum absolute atomic E-state index is 12.2. The molecule has 0 heterocycles. The summed E-state index contributed by atoms with van der Waals surface area (Å²) in [6.07, 6.45) is 0.612. The van der Waals surface area contributed by atoms with Gasteiger partial charge in [0.25, 0.3) is 10.1 Å². The molecule has 0 spiro atoms. The highest BCUT2D eigenvalue weighted by atomic mass is 32.2. The lowest BCUT2D eigenvalue weighted by atomic mass is 10.3. The van der Waals surface area contributed by atoms with E-state index in [-0.39, 0.29) is 13.5 Å². The second-order valence-corrected chi connectivity index (χ2v) is 7.82. The molecule has 0 saturated heterocycles. The molecule has 158 valence electrons. The van der Waals surface area contributed by atoms with Crippen molar-refractivity contribution < 1.29 is 32.9 Å². The van der Waals surface area contributed by atoms with Crippen LogP contribution in [-0.4, -0.2) is 83.0 Å². The van der Waals surface area contributed by atoms with Crippen LogP contribution in [0.25, 0.3) is 0 Å². The second kappa shape index (κ2) is 16.7. The predicted molar refractivity (Wildman–Crippen MR) is 97.1 cm³/mol. The van der Waals surface area contributed by atoms with Crippen molar-refractivity contribution in [1.82, 2.24) is 21.3 Å². The summed E-state index contributed by atoms with van der Waals surface area (Å²) in [5, 5.41) is 27.5. The van der Waals surface area contributed by atoms with E-state index >= 15 is 0 Å². The Hall–Kier alpha value is -0.410. The summed E-state index contributed by atoms with van der Waals surface area (Å²) in [5.41, 5.74) is 0. The van der Waals surface area contributed by atoms with Gasteiger partial charge in [-0.2, -0.15) is 8.42 Å². The molecule has 0 aliphatic heterocycles. The van der Waals surface area contributed by atoms with Crippen molar-refractivity contribution in [3.8, 4) is 0 Å². The third-order valence-corrected chi connectivity index (χ3v) is 5.35. The zero-order chi connectivity index (χ0) is 19.7. The summed E-state index contributed by atoms with van der Waals surface area (Å²) in [6, 6.07) is 0. The molecule has 26 heavy (non-hydrogen) atoms. The summed E-state index contributed by atoms with van der Waals surface area (Å²) in [6.45, 7) is 7.20. The van der Waals surface area contributed by atoms with Crippen LogP contribution >= 0.6 is 0 Å². The van der Waals surface area contributed by atoms with Crippen LogP contribution in [0.3, 0.4) is 0 Å². The van der Waals surface area contributed by atoms with E-state index in [1.54, 1.807) is 13.8 Å². The van der Waals surface area contributed by atoms with Gasteiger partial charge < -0.3 is 10.6 Å². The van der Waals surface area contributed by atoms with Crippen LogP contribution in [0, 0.1) is 0 Å². The van der Waals surface area contributed by atoms with Crippen LogP contribution in [0.2, 0.25) is 0 Å². The van der Waals surface area contributed by atoms with Gasteiger partial charge in [0.1, 0.15) is 13.5 Å². The van der Waals surface area contributed by atoms with E-state index in [9.17, 15) is 8.42 Å². The SMILES string of the molecule is CC(CCNCCNCOO)OS(=O)(=O)C(C)CCNCCNCOO. The summed E-state index contributed by atoms with van der Waals surface area (Å²) in [4.78, 5) is 7.74. The number of nitrogens with one attached hydrogen (secondary N) is 4. The molecule has 2 atom stereocenters. The fourth-order valence-corrected chi connectivity index (χ4v) is 3.12. The first-order valence-corrected chi connectivity index (χ1v) is 10.2. The first-order valence-electron chi connectivity index (χ1n) is 8.71. The molecule has 6 N–H and O–H groups in total. The molecule has 0 aromatic rings. The highest BCUT2D eigenvalue weighted by Crippen LogP contribution is 2.11. The van der Waals surface area contributed by atoms with E-state index < -0.39 is 21.5 Å². The van der Waals surface area contributed by atoms with Gasteiger partial charge in [0, 0.05) is 26.2 Å². The Balaban J connectivity index is 3.78. The molecular formula is C14H34N4O7S. The van der Waals surface area contributed by atoms with Crippen LogP contribution in [0.4, 0.5) is 0 Å². The van der Waals surface area contributed by atoms with Gasteiger partial charge in [0.05, 0.1) is 11.4 Å². The molecular weight excluding hydrogens is 368 g/mol. The van der Waals surface area contributed by atoms with E-state index in [0.29, 0.717) is 52.1 Å². The van der Waals surface area contributed by atoms with Gasteiger partial charge in [-0.25, -0.2) is 9.78 Å². The van der Waals surface area contributed by atoms with E-state index in [1.165, 1.54) is 0 Å². The van der Waals surface area contributed by atoms with E-state index in [4.69, 9.17) is 14.7 Å². The maximum atomic E-state index is 12.2. The van der Waals surface area contributed by atoms with Gasteiger partial charge in [-0.05, 0) is 39.8 Å². The minimum Gasteiger partial charge on any atom is -0.315 e. The summed E-state index contributed by atoms with van der Waals surface area (Å²) in [7, 11) is -3.61. The normalized spacial score (nSPS) is 14.5. The van der Waals surface area contributed by atoms with Gasteiger partial charge in [0.2, 0.25) is 0 Å². The highest BCUT2D eigenvalue weighted by molar-refractivity contribution is 7.87. The zero-order valence-electron chi connectivity index (χ0n) is 15.6. The molecule has 11 nitrogen and oxygen atoms in total. The number of hydrogen-bond acceptors (Lipinski definition) is 11. The van der Waals surface area contributed by atoms with Crippen LogP contribution in [0.5, 0.6) is 0 Å². The monoisotopic (exact) mass is 402 g/mol. The third-order valence-electron chi connectivity index (χ3n) is 3.54. The van der Waals surface area contributed by atoms with E-state index in [0.717, 1.165) is 0 Å². The fourth-order valence-electron chi connectivity index (χ4n) is 1.97. The number of hydrogen-bond donors (Lipinski definition) is 6. The van der Waals surface area contributed by atoms with Crippen molar-refractivity contribution >= 4 is 10.1 Å². The topological polar surface area (TPSA) is 150 Å². The summed E-state index contributed by atoms with van der Waals surface area (Å²) in [5.74, 6) is 0. The van der Waals surface area contributed by atoms with Crippen LogP contribution in [0.1, 0.15) is 26.7 Å². The minimum atomic E-state index is -3.61. The Morgan fingerprint density at radius 2 is 1.23 bits per heavy atom. The quantitative estimate of drug-likeness (QED) is 0.0527. The average molecular weight is 403 g/mol. The Bertz CT molecular complexity index is 414. The lowest BCUT2D eigenvalue weighted by Crippen LogP contribution is -2.33. The maximum Gasteiger partial charge on any atom is 0.270 e. The van der Waals surface area contributed by atoms with Crippen molar-refractivity contribution in [2.24, 2.45) is 0 Å². The van der Waals surface area contributed by atoms with Crippen molar-refractivity contribution in [3.63, 3.8) is 0 Å². The third kappa shape index (κ3) is 14.7. The van der Waals surface area contributed by atoms with Crippen LogP contribution < -0.4 is 21.3 Å².